The Balaban J connectivity index is 0.00000106. The van der Waals surface area contributed by atoms with Crippen LogP contribution in [0.4, 0.5) is 0 Å². The van der Waals surface area contributed by atoms with E-state index in [1.165, 1.54) is 0 Å². The number of allylic oxidation sites excluding steroid dienone is 1. The van der Waals surface area contributed by atoms with Gasteiger partial charge in [0.15, 0.2) is 6.29 Å². The predicted molar refractivity (Wildman–Crippen MR) is 80.6 cm³/mol. The van der Waals surface area contributed by atoms with Gasteiger partial charge in [0.1, 0.15) is 6.10 Å². The van der Waals surface area contributed by atoms with Crippen molar-refractivity contribution in [2.45, 2.75) is 77.0 Å². The maximum absolute atomic E-state index is 10.1. The highest BCUT2D eigenvalue weighted by Crippen LogP contribution is 2.29. The van der Waals surface area contributed by atoms with E-state index in [4.69, 9.17) is 9.84 Å². The molecule has 0 heterocycles. The maximum atomic E-state index is 10.1. The van der Waals surface area contributed by atoms with E-state index in [0.29, 0.717) is 19.3 Å². The first-order valence-electron chi connectivity index (χ1n) is 8.10. The molecule has 5 atom stereocenters. The topological polar surface area (TPSA) is 90.2 Å². The quantitative estimate of drug-likeness (QED) is 0.465. The van der Waals surface area contributed by atoms with Crippen molar-refractivity contribution in [3.05, 3.63) is 11.6 Å². The normalized spacial score (nSPS) is 34.5. The fourth-order valence-electron chi connectivity index (χ4n) is 2.91. The van der Waals surface area contributed by atoms with Crippen LogP contribution in [0, 0.1) is 5.92 Å². The molecule has 0 aromatic carbocycles. The second kappa shape index (κ2) is 9.54. The Kier molecular flexibility index (Phi) is 8.44. The van der Waals surface area contributed by atoms with Crippen molar-refractivity contribution in [1.82, 2.24) is 0 Å². The molecule has 0 saturated heterocycles. The van der Waals surface area contributed by atoms with E-state index >= 15 is 0 Å². The average molecular weight is 302 g/mol. The second-order valence-corrected chi connectivity index (χ2v) is 5.61. The fraction of sp³-hybridized carbons (Fsp3) is 0.875. The van der Waals surface area contributed by atoms with E-state index in [9.17, 15) is 15.3 Å². The molecular formula is C16H30O5. The van der Waals surface area contributed by atoms with Crippen LogP contribution in [0.3, 0.4) is 0 Å². The van der Waals surface area contributed by atoms with Gasteiger partial charge in [-0.05, 0) is 44.1 Å². The van der Waals surface area contributed by atoms with Crippen molar-refractivity contribution in [2.75, 3.05) is 6.61 Å². The molecule has 21 heavy (non-hydrogen) atoms. The highest BCUT2D eigenvalue weighted by Gasteiger charge is 2.37. The summed E-state index contributed by atoms with van der Waals surface area (Å²) in [5.74, 6) is -0.0379. The maximum Gasteiger partial charge on any atom is 0.158 e. The zero-order chi connectivity index (χ0) is 15.8. The largest absolute Gasteiger partial charge is 0.392 e. The Labute approximate surface area is 127 Å². The molecule has 1 saturated carbocycles. The van der Waals surface area contributed by atoms with Crippen LogP contribution in [0.15, 0.2) is 11.6 Å². The summed E-state index contributed by atoms with van der Waals surface area (Å²) in [6.07, 6.45) is 3.19. The van der Waals surface area contributed by atoms with Gasteiger partial charge in [0.25, 0.3) is 0 Å². The summed E-state index contributed by atoms with van der Waals surface area (Å²) in [6, 6.07) is 0. The number of rotatable bonds is 4. The molecule has 0 aromatic heterocycles. The van der Waals surface area contributed by atoms with Crippen LogP contribution in [0.25, 0.3) is 0 Å². The molecule has 5 heteroatoms. The van der Waals surface area contributed by atoms with Gasteiger partial charge < -0.3 is 25.2 Å². The second-order valence-electron chi connectivity index (χ2n) is 5.61. The molecule has 2 aliphatic rings. The molecule has 0 bridgehead atoms. The summed E-state index contributed by atoms with van der Waals surface area (Å²) in [5.41, 5.74) is 1.01. The molecule has 0 aliphatic heterocycles. The lowest BCUT2D eigenvalue weighted by molar-refractivity contribution is -0.201. The third kappa shape index (κ3) is 5.34. The van der Waals surface area contributed by atoms with E-state index in [1.54, 1.807) is 0 Å². The summed E-state index contributed by atoms with van der Waals surface area (Å²) >= 11 is 0. The van der Waals surface area contributed by atoms with Gasteiger partial charge in [0.05, 0.1) is 18.8 Å². The third-order valence-corrected chi connectivity index (χ3v) is 4.20. The highest BCUT2D eigenvalue weighted by molar-refractivity contribution is 5.04. The van der Waals surface area contributed by atoms with Crippen molar-refractivity contribution < 1.29 is 25.2 Å². The van der Waals surface area contributed by atoms with Gasteiger partial charge in [0.2, 0.25) is 0 Å². The Morgan fingerprint density at radius 3 is 2.38 bits per heavy atom. The van der Waals surface area contributed by atoms with Crippen LogP contribution in [0.2, 0.25) is 0 Å². The Morgan fingerprint density at radius 1 is 1.19 bits per heavy atom. The van der Waals surface area contributed by atoms with E-state index < -0.39 is 24.6 Å². The molecule has 4 unspecified atom stereocenters. The summed E-state index contributed by atoms with van der Waals surface area (Å²) in [6.45, 7) is 4.07. The van der Waals surface area contributed by atoms with Crippen molar-refractivity contribution >= 4 is 0 Å². The minimum atomic E-state index is -0.971. The minimum absolute atomic E-state index is 0.0379. The lowest BCUT2D eigenvalue weighted by atomic mass is 10.00. The van der Waals surface area contributed by atoms with Gasteiger partial charge in [-0.15, -0.1) is 0 Å². The smallest absolute Gasteiger partial charge is 0.158 e. The van der Waals surface area contributed by atoms with E-state index in [-0.39, 0.29) is 12.5 Å². The monoisotopic (exact) mass is 302 g/mol. The van der Waals surface area contributed by atoms with Gasteiger partial charge in [-0.2, -0.15) is 0 Å². The van der Waals surface area contributed by atoms with Crippen molar-refractivity contribution in [3.63, 3.8) is 0 Å². The number of hydrogen-bond donors (Lipinski definition) is 4. The number of ether oxygens (including phenoxy) is 1. The molecule has 2 rings (SSSR count). The molecule has 0 aromatic rings. The molecule has 0 radical (unpaired) electrons. The lowest BCUT2D eigenvalue weighted by Gasteiger charge is -2.27. The number of hydrogen-bond acceptors (Lipinski definition) is 5. The van der Waals surface area contributed by atoms with E-state index in [0.717, 1.165) is 24.8 Å². The SMILES string of the molecule is CC.OCC1=CCC(C(O)OC2C(O)CC[C@@H]2O)CCC1. The van der Waals surface area contributed by atoms with Crippen LogP contribution in [0.1, 0.15) is 52.4 Å². The van der Waals surface area contributed by atoms with Gasteiger partial charge >= 0.3 is 0 Å². The molecule has 124 valence electrons. The fourth-order valence-corrected chi connectivity index (χ4v) is 2.91. The summed E-state index contributed by atoms with van der Waals surface area (Å²) in [7, 11) is 0. The molecule has 0 spiro atoms. The minimum Gasteiger partial charge on any atom is -0.392 e. The van der Waals surface area contributed by atoms with Gasteiger partial charge in [-0.25, -0.2) is 0 Å². The third-order valence-electron chi connectivity index (χ3n) is 4.20. The van der Waals surface area contributed by atoms with Crippen LogP contribution in [0.5, 0.6) is 0 Å². The van der Waals surface area contributed by atoms with Gasteiger partial charge in [0, 0.05) is 5.92 Å². The zero-order valence-corrected chi connectivity index (χ0v) is 13.1. The first-order chi connectivity index (χ1) is 10.1. The first-order valence-corrected chi connectivity index (χ1v) is 8.10. The van der Waals surface area contributed by atoms with Gasteiger partial charge in [-0.1, -0.05) is 19.9 Å². The number of aliphatic hydroxyl groups is 4. The summed E-state index contributed by atoms with van der Waals surface area (Å²) in [4.78, 5) is 0. The van der Waals surface area contributed by atoms with Crippen molar-refractivity contribution in [3.8, 4) is 0 Å². The van der Waals surface area contributed by atoms with Crippen LogP contribution in [-0.2, 0) is 4.74 Å². The van der Waals surface area contributed by atoms with Crippen molar-refractivity contribution in [1.29, 1.82) is 0 Å². The Bertz CT molecular complexity index is 308. The highest BCUT2D eigenvalue weighted by atomic mass is 16.6. The van der Waals surface area contributed by atoms with Crippen LogP contribution >= 0.6 is 0 Å². The predicted octanol–water partition coefficient (Wildman–Crippen LogP) is 1.34. The standard InChI is InChI=1S/C14H24O5.C2H6/c15-8-9-2-1-3-10(5-4-9)14(18)19-13-11(16)6-7-12(13)17;1-2/h4,10-18H,1-3,5-8H2;1-2H3/t10?,11-,12?,13?,14?;/m0./s1. The van der Waals surface area contributed by atoms with E-state index in [2.05, 4.69) is 0 Å². The molecule has 4 N–H and O–H groups in total. The molecule has 0 amide bonds. The number of aliphatic hydroxyl groups excluding tert-OH is 4. The summed E-state index contributed by atoms with van der Waals surface area (Å²) < 4.78 is 5.46. The molecular weight excluding hydrogens is 272 g/mol. The van der Waals surface area contributed by atoms with Crippen LogP contribution < -0.4 is 0 Å². The molecule has 1 fully saturated rings. The van der Waals surface area contributed by atoms with E-state index in [1.807, 2.05) is 19.9 Å². The molecule has 2 aliphatic carbocycles. The zero-order valence-electron chi connectivity index (χ0n) is 13.1. The van der Waals surface area contributed by atoms with Crippen molar-refractivity contribution in [2.24, 2.45) is 5.92 Å². The Morgan fingerprint density at radius 2 is 1.81 bits per heavy atom. The first kappa shape index (κ1) is 18.6. The van der Waals surface area contributed by atoms with Crippen LogP contribution in [-0.4, -0.2) is 51.6 Å². The average Bonchev–Trinajstić information content (AvgIpc) is 2.74. The molecule has 5 nitrogen and oxygen atoms in total. The van der Waals surface area contributed by atoms with Gasteiger partial charge in [-0.3, -0.25) is 0 Å². The lowest BCUT2D eigenvalue weighted by Crippen LogP contribution is -2.38. The Hall–Kier alpha value is -0.460. The summed E-state index contributed by atoms with van der Waals surface area (Å²) in [5, 5.41) is 38.6.